The number of unbranched alkanes of at least 4 members (excludes halogenated alkanes) is 3. The molecule has 2 unspecified atom stereocenters. The molecule has 0 aromatic heterocycles. The van der Waals surface area contributed by atoms with E-state index in [2.05, 4.69) is 18.8 Å². The molecule has 0 bridgehead atoms. The summed E-state index contributed by atoms with van der Waals surface area (Å²) in [5.41, 5.74) is 0. The molecular formula is C16H31NO2S. The molecule has 0 saturated carbocycles. The van der Waals surface area contributed by atoms with Crippen molar-refractivity contribution in [2.24, 2.45) is 5.92 Å². The highest BCUT2D eigenvalue weighted by molar-refractivity contribution is 7.91. The first kappa shape index (κ1) is 17.7. The summed E-state index contributed by atoms with van der Waals surface area (Å²) in [6.07, 6.45) is 11.0. The molecule has 1 aliphatic heterocycles. The van der Waals surface area contributed by atoms with Gasteiger partial charge in [0, 0.05) is 6.04 Å². The third-order valence-electron chi connectivity index (χ3n) is 4.09. The van der Waals surface area contributed by atoms with Crippen molar-refractivity contribution in [1.82, 2.24) is 5.32 Å². The minimum Gasteiger partial charge on any atom is -0.314 e. The van der Waals surface area contributed by atoms with Gasteiger partial charge >= 0.3 is 0 Å². The molecule has 0 radical (unpaired) electrons. The van der Waals surface area contributed by atoms with Crippen LogP contribution in [0, 0.1) is 5.92 Å². The van der Waals surface area contributed by atoms with Crippen molar-refractivity contribution in [3.8, 4) is 0 Å². The van der Waals surface area contributed by atoms with Crippen LogP contribution in [0.25, 0.3) is 0 Å². The third kappa shape index (κ3) is 7.44. The second-order valence-corrected chi connectivity index (χ2v) is 8.31. The Labute approximate surface area is 125 Å². The number of rotatable bonds is 11. The van der Waals surface area contributed by atoms with E-state index < -0.39 is 9.84 Å². The van der Waals surface area contributed by atoms with Crippen molar-refractivity contribution in [2.75, 3.05) is 18.1 Å². The van der Waals surface area contributed by atoms with Crippen LogP contribution in [0.3, 0.4) is 0 Å². The molecule has 1 fully saturated rings. The molecular weight excluding hydrogens is 270 g/mol. The Balaban J connectivity index is 2.29. The molecule has 1 heterocycles. The Kier molecular flexibility index (Phi) is 8.46. The Morgan fingerprint density at radius 3 is 2.75 bits per heavy atom. The maximum Gasteiger partial charge on any atom is 0.150 e. The van der Waals surface area contributed by atoms with Gasteiger partial charge in [-0.3, -0.25) is 0 Å². The summed E-state index contributed by atoms with van der Waals surface area (Å²) in [5, 5.41) is 3.60. The average Bonchev–Trinajstić information content (AvgIpc) is 2.74. The fourth-order valence-electron chi connectivity index (χ4n) is 2.97. The fraction of sp³-hybridized carbons (Fsp3) is 0.875. The summed E-state index contributed by atoms with van der Waals surface area (Å²) in [5.74, 6) is 1.19. The van der Waals surface area contributed by atoms with Gasteiger partial charge in [0.05, 0.1) is 11.5 Å². The summed E-state index contributed by atoms with van der Waals surface area (Å²) in [4.78, 5) is 0. The molecule has 0 amide bonds. The molecule has 1 saturated heterocycles. The van der Waals surface area contributed by atoms with Gasteiger partial charge in [0.15, 0.2) is 9.84 Å². The zero-order valence-electron chi connectivity index (χ0n) is 12.9. The van der Waals surface area contributed by atoms with E-state index in [-0.39, 0.29) is 0 Å². The van der Waals surface area contributed by atoms with Gasteiger partial charge in [-0.2, -0.15) is 0 Å². The zero-order valence-corrected chi connectivity index (χ0v) is 13.8. The van der Waals surface area contributed by atoms with Gasteiger partial charge in [-0.25, -0.2) is 8.42 Å². The molecule has 0 aliphatic carbocycles. The first-order chi connectivity index (χ1) is 9.57. The Bertz CT molecular complexity index is 365. The van der Waals surface area contributed by atoms with Gasteiger partial charge in [0.1, 0.15) is 0 Å². The van der Waals surface area contributed by atoms with E-state index >= 15 is 0 Å². The first-order valence-corrected chi connectivity index (χ1v) is 9.94. The van der Waals surface area contributed by atoms with Crippen LogP contribution in [0.1, 0.15) is 58.3 Å². The Morgan fingerprint density at radius 1 is 1.35 bits per heavy atom. The largest absolute Gasteiger partial charge is 0.314 e. The number of nitrogens with one attached hydrogen (secondary N) is 1. The predicted molar refractivity (Wildman–Crippen MR) is 86.7 cm³/mol. The van der Waals surface area contributed by atoms with E-state index in [1.807, 2.05) is 6.08 Å². The highest BCUT2D eigenvalue weighted by Gasteiger charge is 2.29. The van der Waals surface area contributed by atoms with Crippen LogP contribution < -0.4 is 5.32 Å². The quantitative estimate of drug-likeness (QED) is 0.470. The van der Waals surface area contributed by atoms with Crippen LogP contribution in [0.5, 0.6) is 0 Å². The topological polar surface area (TPSA) is 46.2 Å². The molecule has 1 N–H and O–H groups in total. The molecule has 3 nitrogen and oxygen atoms in total. The number of hydrogen-bond donors (Lipinski definition) is 1. The minimum atomic E-state index is -2.73. The van der Waals surface area contributed by atoms with Crippen molar-refractivity contribution in [3.63, 3.8) is 0 Å². The first-order valence-electron chi connectivity index (χ1n) is 8.12. The Hall–Kier alpha value is -0.350. The van der Waals surface area contributed by atoms with E-state index in [9.17, 15) is 8.42 Å². The molecule has 4 heteroatoms. The lowest BCUT2D eigenvalue weighted by molar-refractivity contribution is 0.376. The highest BCUT2D eigenvalue weighted by Crippen LogP contribution is 2.24. The van der Waals surface area contributed by atoms with Gasteiger partial charge < -0.3 is 5.32 Å². The summed E-state index contributed by atoms with van der Waals surface area (Å²) in [6.45, 7) is 6.96. The summed E-state index contributed by atoms with van der Waals surface area (Å²) in [7, 11) is -2.73. The zero-order chi connectivity index (χ0) is 14.8. The molecule has 20 heavy (non-hydrogen) atoms. The van der Waals surface area contributed by atoms with Crippen molar-refractivity contribution in [3.05, 3.63) is 12.7 Å². The van der Waals surface area contributed by atoms with E-state index in [0.29, 0.717) is 23.5 Å². The minimum absolute atomic E-state index is 0.377. The van der Waals surface area contributed by atoms with Gasteiger partial charge in [0.2, 0.25) is 0 Å². The number of allylic oxidation sites excluding steroid dienone is 1. The van der Waals surface area contributed by atoms with Crippen molar-refractivity contribution < 1.29 is 8.42 Å². The van der Waals surface area contributed by atoms with Crippen LogP contribution in [-0.2, 0) is 9.84 Å². The van der Waals surface area contributed by atoms with Crippen molar-refractivity contribution in [2.45, 2.75) is 64.3 Å². The van der Waals surface area contributed by atoms with Crippen molar-refractivity contribution >= 4 is 9.84 Å². The second kappa shape index (κ2) is 9.56. The lowest BCUT2D eigenvalue weighted by atomic mass is 9.95. The predicted octanol–water partition coefficient (Wildman–Crippen LogP) is 3.32. The van der Waals surface area contributed by atoms with Crippen LogP contribution in [0.15, 0.2) is 12.7 Å². The standard InChI is InChI=1S/C16H31NO2S/c1-3-5-6-7-8-9-16(17-11-4-2)13-15-10-12-20(18,19)14-15/h3,15-17H,1,4-14H2,2H3. The summed E-state index contributed by atoms with van der Waals surface area (Å²) in [6, 6.07) is 0.497. The van der Waals surface area contributed by atoms with Gasteiger partial charge in [-0.15, -0.1) is 6.58 Å². The highest BCUT2D eigenvalue weighted by atomic mass is 32.2. The van der Waals surface area contributed by atoms with Gasteiger partial charge in [-0.05, 0) is 51.0 Å². The molecule has 118 valence electrons. The molecule has 0 aromatic rings. The summed E-state index contributed by atoms with van der Waals surface area (Å²) >= 11 is 0. The lowest BCUT2D eigenvalue weighted by Gasteiger charge is -2.21. The van der Waals surface area contributed by atoms with E-state index in [1.54, 1.807) is 0 Å². The number of hydrogen-bond acceptors (Lipinski definition) is 3. The Morgan fingerprint density at radius 2 is 2.15 bits per heavy atom. The van der Waals surface area contributed by atoms with Crippen LogP contribution in [-0.4, -0.2) is 32.5 Å². The maximum atomic E-state index is 11.5. The summed E-state index contributed by atoms with van der Waals surface area (Å²) < 4.78 is 23.1. The van der Waals surface area contributed by atoms with Gasteiger partial charge in [-0.1, -0.05) is 25.8 Å². The van der Waals surface area contributed by atoms with E-state index in [1.165, 1.54) is 25.7 Å². The molecule has 0 aromatic carbocycles. The number of sulfone groups is 1. The molecule has 2 atom stereocenters. The molecule has 1 aliphatic rings. The van der Waals surface area contributed by atoms with Crippen LogP contribution >= 0.6 is 0 Å². The SMILES string of the molecule is C=CCCCCCC(CC1CCS(=O)(=O)C1)NCCC. The second-order valence-electron chi connectivity index (χ2n) is 6.08. The molecule has 1 rings (SSSR count). The molecule has 0 spiro atoms. The van der Waals surface area contributed by atoms with Crippen molar-refractivity contribution in [1.29, 1.82) is 0 Å². The lowest BCUT2D eigenvalue weighted by Crippen LogP contribution is -2.32. The van der Waals surface area contributed by atoms with E-state index in [4.69, 9.17) is 0 Å². The maximum absolute atomic E-state index is 11.5. The normalized spacial score (nSPS) is 22.8. The van der Waals surface area contributed by atoms with Gasteiger partial charge in [0.25, 0.3) is 0 Å². The van der Waals surface area contributed by atoms with Crippen LogP contribution in [0.4, 0.5) is 0 Å². The smallest absolute Gasteiger partial charge is 0.150 e. The average molecular weight is 301 g/mol. The van der Waals surface area contributed by atoms with E-state index in [0.717, 1.165) is 32.2 Å². The fourth-order valence-corrected chi connectivity index (χ4v) is 4.85. The monoisotopic (exact) mass is 301 g/mol. The van der Waals surface area contributed by atoms with Crippen LogP contribution in [0.2, 0.25) is 0 Å². The third-order valence-corrected chi connectivity index (χ3v) is 5.93.